The van der Waals surface area contributed by atoms with Crippen molar-refractivity contribution >= 4 is 53.7 Å². The Balaban J connectivity index is 0.00000182. The maximum atomic E-state index is 12.4. The van der Waals surface area contributed by atoms with Gasteiger partial charge in [-0.3, -0.25) is 4.79 Å². The number of hydrogen-bond donors (Lipinski definition) is 3. The van der Waals surface area contributed by atoms with E-state index in [1.54, 1.807) is 6.07 Å². The van der Waals surface area contributed by atoms with E-state index in [1.807, 2.05) is 30.3 Å². The highest BCUT2D eigenvalue weighted by Crippen LogP contribution is 2.28. The SMILES string of the molecule is Cl.Cl.NC1CCCC(C(=O)Nc2ccc(NCc3ccccc3)c(Cl)c2)C1. The van der Waals surface area contributed by atoms with Gasteiger partial charge in [-0.05, 0) is 43.0 Å². The Kier molecular flexibility index (Phi) is 9.95. The predicted octanol–water partition coefficient (Wildman–Crippen LogP) is 5.25. The molecule has 0 aliphatic heterocycles. The van der Waals surface area contributed by atoms with Crippen molar-refractivity contribution in [1.29, 1.82) is 0 Å². The third kappa shape index (κ3) is 6.89. The van der Waals surface area contributed by atoms with E-state index in [0.717, 1.165) is 37.1 Å². The van der Waals surface area contributed by atoms with Crippen LogP contribution in [0, 0.1) is 5.92 Å². The third-order valence-corrected chi connectivity index (χ3v) is 4.96. The number of halogens is 3. The van der Waals surface area contributed by atoms with Gasteiger partial charge >= 0.3 is 0 Å². The Morgan fingerprint density at radius 2 is 1.85 bits per heavy atom. The van der Waals surface area contributed by atoms with Gasteiger partial charge in [-0.15, -0.1) is 24.8 Å². The fourth-order valence-electron chi connectivity index (χ4n) is 3.24. The van der Waals surface area contributed by atoms with Crippen molar-refractivity contribution in [3.05, 3.63) is 59.1 Å². The van der Waals surface area contributed by atoms with Crippen molar-refractivity contribution in [3.63, 3.8) is 0 Å². The molecule has 0 heterocycles. The number of benzene rings is 2. The molecule has 2 aromatic carbocycles. The molecule has 0 radical (unpaired) electrons. The molecule has 2 unspecified atom stereocenters. The molecule has 4 N–H and O–H groups in total. The van der Waals surface area contributed by atoms with Crippen molar-refractivity contribution in [2.45, 2.75) is 38.3 Å². The lowest BCUT2D eigenvalue weighted by Gasteiger charge is -2.25. The summed E-state index contributed by atoms with van der Waals surface area (Å²) >= 11 is 6.35. The van der Waals surface area contributed by atoms with Gasteiger partial charge in [0.15, 0.2) is 0 Å². The summed E-state index contributed by atoms with van der Waals surface area (Å²) < 4.78 is 0. The summed E-state index contributed by atoms with van der Waals surface area (Å²) in [6.07, 6.45) is 3.69. The molecule has 0 saturated heterocycles. The largest absolute Gasteiger partial charge is 0.380 e. The van der Waals surface area contributed by atoms with Gasteiger partial charge in [0.2, 0.25) is 5.91 Å². The zero-order valence-electron chi connectivity index (χ0n) is 15.0. The molecule has 1 aliphatic carbocycles. The molecule has 0 bridgehead atoms. The highest BCUT2D eigenvalue weighted by Gasteiger charge is 2.25. The van der Waals surface area contributed by atoms with Gasteiger partial charge in [0.25, 0.3) is 0 Å². The van der Waals surface area contributed by atoms with Crippen molar-refractivity contribution in [3.8, 4) is 0 Å². The van der Waals surface area contributed by atoms with E-state index in [2.05, 4.69) is 22.8 Å². The van der Waals surface area contributed by atoms with Gasteiger partial charge in [-0.25, -0.2) is 0 Å². The lowest BCUT2D eigenvalue weighted by Crippen LogP contribution is -2.34. The third-order valence-electron chi connectivity index (χ3n) is 4.65. The van der Waals surface area contributed by atoms with Crippen LogP contribution in [-0.4, -0.2) is 11.9 Å². The summed E-state index contributed by atoms with van der Waals surface area (Å²) in [6, 6.07) is 15.8. The monoisotopic (exact) mass is 429 g/mol. The minimum absolute atomic E-state index is 0. The smallest absolute Gasteiger partial charge is 0.227 e. The van der Waals surface area contributed by atoms with E-state index in [0.29, 0.717) is 11.6 Å². The molecule has 1 saturated carbocycles. The summed E-state index contributed by atoms with van der Waals surface area (Å²) in [5.74, 6) is 0.0367. The second kappa shape index (κ2) is 11.4. The topological polar surface area (TPSA) is 67.2 Å². The van der Waals surface area contributed by atoms with Crippen LogP contribution in [0.15, 0.2) is 48.5 Å². The fraction of sp³-hybridized carbons (Fsp3) is 0.350. The van der Waals surface area contributed by atoms with E-state index < -0.39 is 0 Å². The van der Waals surface area contributed by atoms with E-state index in [1.165, 1.54) is 5.56 Å². The first-order chi connectivity index (χ1) is 12.1. The van der Waals surface area contributed by atoms with Crippen LogP contribution < -0.4 is 16.4 Å². The Hall–Kier alpha value is -1.46. The van der Waals surface area contributed by atoms with Gasteiger partial charge in [0.1, 0.15) is 0 Å². The highest BCUT2D eigenvalue weighted by atomic mass is 35.5. The molecule has 3 rings (SSSR count). The molecule has 1 aliphatic rings. The molecule has 4 nitrogen and oxygen atoms in total. The van der Waals surface area contributed by atoms with Crippen LogP contribution in [0.1, 0.15) is 31.2 Å². The maximum Gasteiger partial charge on any atom is 0.227 e. The Labute approximate surface area is 178 Å². The molecular weight excluding hydrogens is 405 g/mol. The van der Waals surface area contributed by atoms with Gasteiger partial charge in [0, 0.05) is 24.2 Å². The van der Waals surface area contributed by atoms with Gasteiger partial charge < -0.3 is 16.4 Å². The molecule has 2 atom stereocenters. The van der Waals surface area contributed by atoms with Crippen LogP contribution in [0.3, 0.4) is 0 Å². The Bertz CT molecular complexity index is 728. The van der Waals surface area contributed by atoms with E-state index in [4.69, 9.17) is 17.3 Å². The average molecular weight is 431 g/mol. The first-order valence-electron chi connectivity index (χ1n) is 8.75. The van der Waals surface area contributed by atoms with Gasteiger partial charge in [-0.2, -0.15) is 0 Å². The lowest BCUT2D eigenvalue weighted by atomic mass is 9.85. The zero-order chi connectivity index (χ0) is 17.6. The summed E-state index contributed by atoms with van der Waals surface area (Å²) in [4.78, 5) is 12.4. The summed E-state index contributed by atoms with van der Waals surface area (Å²) in [7, 11) is 0. The zero-order valence-corrected chi connectivity index (χ0v) is 17.4. The van der Waals surface area contributed by atoms with Crippen molar-refractivity contribution < 1.29 is 4.79 Å². The number of nitrogens with two attached hydrogens (primary N) is 1. The molecule has 1 amide bonds. The van der Waals surface area contributed by atoms with Crippen LogP contribution in [0.5, 0.6) is 0 Å². The number of carbonyl (C=O) groups is 1. The number of anilines is 2. The first-order valence-corrected chi connectivity index (χ1v) is 9.13. The Morgan fingerprint density at radius 1 is 1.11 bits per heavy atom. The number of rotatable bonds is 5. The summed E-state index contributed by atoms with van der Waals surface area (Å²) in [5.41, 5.74) is 8.73. The molecule has 7 heteroatoms. The molecular formula is C20H26Cl3N3O. The fourth-order valence-corrected chi connectivity index (χ4v) is 3.49. The lowest BCUT2D eigenvalue weighted by molar-refractivity contribution is -0.120. The van der Waals surface area contributed by atoms with E-state index in [-0.39, 0.29) is 42.7 Å². The minimum atomic E-state index is -0.00147. The standard InChI is InChI=1S/C20H24ClN3O.2ClH/c21-18-12-17(24-20(25)15-7-4-8-16(22)11-15)9-10-19(18)23-13-14-5-2-1-3-6-14;;/h1-3,5-6,9-10,12,15-16,23H,4,7-8,11,13,22H2,(H,24,25);2*1H. The maximum absolute atomic E-state index is 12.4. The van der Waals surface area contributed by atoms with Crippen LogP contribution in [-0.2, 0) is 11.3 Å². The van der Waals surface area contributed by atoms with Gasteiger partial charge in [-0.1, -0.05) is 48.4 Å². The second-order valence-corrected chi connectivity index (χ2v) is 7.05. The molecule has 1 fully saturated rings. The van der Waals surface area contributed by atoms with Crippen LogP contribution in [0.4, 0.5) is 11.4 Å². The molecule has 0 aromatic heterocycles. The van der Waals surface area contributed by atoms with Crippen LogP contribution in [0.2, 0.25) is 5.02 Å². The normalized spacial score (nSPS) is 18.6. The molecule has 2 aromatic rings. The predicted molar refractivity (Wildman–Crippen MR) is 118 cm³/mol. The van der Waals surface area contributed by atoms with E-state index >= 15 is 0 Å². The number of amides is 1. The molecule has 148 valence electrons. The minimum Gasteiger partial charge on any atom is -0.380 e. The van der Waals surface area contributed by atoms with Crippen LogP contribution in [0.25, 0.3) is 0 Å². The average Bonchev–Trinajstić information content (AvgIpc) is 2.62. The second-order valence-electron chi connectivity index (χ2n) is 6.65. The van der Waals surface area contributed by atoms with Crippen molar-refractivity contribution in [1.82, 2.24) is 0 Å². The van der Waals surface area contributed by atoms with E-state index in [9.17, 15) is 4.79 Å². The first kappa shape index (κ1) is 23.6. The van der Waals surface area contributed by atoms with Gasteiger partial charge in [0.05, 0.1) is 10.7 Å². The van der Waals surface area contributed by atoms with Crippen molar-refractivity contribution in [2.75, 3.05) is 10.6 Å². The Morgan fingerprint density at radius 3 is 2.52 bits per heavy atom. The molecule has 27 heavy (non-hydrogen) atoms. The summed E-state index contributed by atoms with van der Waals surface area (Å²) in [6.45, 7) is 0.701. The molecule has 0 spiro atoms. The van der Waals surface area contributed by atoms with Crippen molar-refractivity contribution in [2.24, 2.45) is 11.7 Å². The summed E-state index contributed by atoms with van der Waals surface area (Å²) in [5, 5.41) is 6.88. The highest BCUT2D eigenvalue weighted by molar-refractivity contribution is 6.33. The number of hydrogen-bond acceptors (Lipinski definition) is 3. The van der Waals surface area contributed by atoms with Crippen LogP contribution >= 0.6 is 36.4 Å². The number of nitrogens with one attached hydrogen (secondary N) is 2. The quantitative estimate of drug-likeness (QED) is 0.606. The number of carbonyl (C=O) groups excluding carboxylic acids is 1.